The topological polar surface area (TPSA) is 94.8 Å². The van der Waals surface area contributed by atoms with Gasteiger partial charge in [-0.05, 0) is 53.2 Å². The number of ether oxygens (including phenoxy) is 1. The molecule has 4 aromatic rings. The summed E-state index contributed by atoms with van der Waals surface area (Å²) in [6.07, 6.45) is 0. The molecular formula is C18H16N6O2S2. The van der Waals surface area contributed by atoms with Gasteiger partial charge in [-0.2, -0.15) is 4.68 Å². The van der Waals surface area contributed by atoms with Crippen molar-refractivity contribution in [2.45, 2.75) is 12.1 Å². The van der Waals surface area contributed by atoms with Crippen molar-refractivity contribution < 1.29 is 9.53 Å². The van der Waals surface area contributed by atoms with Crippen molar-refractivity contribution in [3.63, 3.8) is 0 Å². The van der Waals surface area contributed by atoms with Crippen LogP contribution < -0.4 is 10.1 Å². The maximum atomic E-state index is 12.3. The molecule has 28 heavy (non-hydrogen) atoms. The number of tetrazole rings is 1. The zero-order valence-electron chi connectivity index (χ0n) is 15.1. The molecule has 2 heterocycles. The summed E-state index contributed by atoms with van der Waals surface area (Å²) in [6, 6.07) is 13.4. The standard InChI is InChI=1S/C18H16N6O2S2/c1-11-4-3-5-12(8-11)24-18(21-22-23-24)27-10-16(25)20-17-19-14-7-6-13(26-2)9-15(14)28-17/h3-9H,10H2,1-2H3,(H,19,20,25). The van der Waals surface area contributed by atoms with Crippen LogP contribution in [0.15, 0.2) is 47.6 Å². The number of aromatic nitrogens is 5. The Kier molecular flexibility index (Phi) is 5.22. The van der Waals surface area contributed by atoms with Gasteiger partial charge in [0.1, 0.15) is 5.75 Å². The van der Waals surface area contributed by atoms with Crippen molar-refractivity contribution in [3.05, 3.63) is 48.0 Å². The third kappa shape index (κ3) is 3.97. The monoisotopic (exact) mass is 412 g/mol. The van der Waals surface area contributed by atoms with Crippen molar-refractivity contribution in [1.29, 1.82) is 0 Å². The molecular weight excluding hydrogens is 396 g/mol. The van der Waals surface area contributed by atoms with Crippen LogP contribution in [0.2, 0.25) is 0 Å². The second-order valence-corrected chi connectivity index (χ2v) is 7.87. The van der Waals surface area contributed by atoms with Gasteiger partial charge in [0.05, 0.1) is 28.8 Å². The van der Waals surface area contributed by atoms with E-state index in [1.165, 1.54) is 23.1 Å². The van der Waals surface area contributed by atoms with Crippen LogP contribution in [0.1, 0.15) is 5.56 Å². The Labute approximate surface area is 168 Å². The number of hydrogen-bond donors (Lipinski definition) is 1. The summed E-state index contributed by atoms with van der Waals surface area (Å²) >= 11 is 2.67. The fraction of sp³-hybridized carbons (Fsp3) is 0.167. The summed E-state index contributed by atoms with van der Waals surface area (Å²) in [5.74, 6) is 0.758. The third-order valence-corrected chi connectivity index (χ3v) is 5.71. The van der Waals surface area contributed by atoms with Gasteiger partial charge in [0.15, 0.2) is 5.13 Å². The largest absolute Gasteiger partial charge is 0.497 e. The van der Waals surface area contributed by atoms with E-state index in [0.29, 0.717) is 10.3 Å². The number of thiazole rings is 1. The van der Waals surface area contributed by atoms with Gasteiger partial charge in [0, 0.05) is 0 Å². The smallest absolute Gasteiger partial charge is 0.236 e. The van der Waals surface area contributed by atoms with Crippen LogP contribution >= 0.6 is 23.1 Å². The number of methoxy groups -OCH3 is 1. The van der Waals surface area contributed by atoms with Gasteiger partial charge in [-0.25, -0.2) is 4.98 Å². The van der Waals surface area contributed by atoms with Crippen LogP contribution in [0.25, 0.3) is 15.9 Å². The van der Waals surface area contributed by atoms with Gasteiger partial charge in [-0.1, -0.05) is 35.2 Å². The van der Waals surface area contributed by atoms with Crippen molar-refractivity contribution in [2.24, 2.45) is 0 Å². The molecule has 0 aliphatic rings. The lowest BCUT2D eigenvalue weighted by Crippen LogP contribution is -2.14. The molecule has 2 aromatic carbocycles. The SMILES string of the molecule is COc1ccc2nc(NC(=O)CSc3nnnn3-c3cccc(C)c3)sc2c1. The van der Waals surface area contributed by atoms with Crippen molar-refractivity contribution >= 4 is 44.4 Å². The lowest BCUT2D eigenvalue weighted by molar-refractivity contribution is -0.113. The lowest BCUT2D eigenvalue weighted by atomic mass is 10.2. The second kappa shape index (κ2) is 7.95. The molecule has 0 radical (unpaired) electrons. The first-order valence-electron chi connectivity index (χ1n) is 8.35. The van der Waals surface area contributed by atoms with Crippen LogP contribution in [-0.4, -0.2) is 44.0 Å². The van der Waals surface area contributed by atoms with E-state index in [2.05, 4.69) is 25.8 Å². The first-order chi connectivity index (χ1) is 13.6. The number of fused-ring (bicyclic) bond motifs is 1. The highest BCUT2D eigenvalue weighted by Gasteiger charge is 2.13. The third-order valence-electron chi connectivity index (χ3n) is 3.86. The van der Waals surface area contributed by atoms with E-state index in [1.54, 1.807) is 11.8 Å². The van der Waals surface area contributed by atoms with Gasteiger partial charge in [0.2, 0.25) is 11.1 Å². The fourth-order valence-electron chi connectivity index (χ4n) is 2.56. The molecule has 0 unspecified atom stereocenters. The van der Waals surface area contributed by atoms with E-state index in [-0.39, 0.29) is 11.7 Å². The van der Waals surface area contributed by atoms with E-state index >= 15 is 0 Å². The molecule has 10 heteroatoms. The molecule has 0 aliphatic heterocycles. The van der Waals surface area contributed by atoms with Crippen LogP contribution in [-0.2, 0) is 4.79 Å². The molecule has 1 N–H and O–H groups in total. The number of nitrogens with one attached hydrogen (secondary N) is 1. The number of benzene rings is 2. The van der Waals surface area contributed by atoms with Gasteiger partial charge >= 0.3 is 0 Å². The highest BCUT2D eigenvalue weighted by molar-refractivity contribution is 7.99. The molecule has 0 saturated heterocycles. The zero-order chi connectivity index (χ0) is 19.5. The molecule has 142 valence electrons. The molecule has 0 atom stereocenters. The van der Waals surface area contributed by atoms with Crippen LogP contribution in [0, 0.1) is 6.92 Å². The quantitative estimate of drug-likeness (QED) is 0.485. The number of amides is 1. The predicted octanol–water partition coefficient (Wildman–Crippen LogP) is 3.32. The predicted molar refractivity (Wildman–Crippen MR) is 109 cm³/mol. The normalized spacial score (nSPS) is 10.9. The van der Waals surface area contributed by atoms with E-state index in [4.69, 9.17) is 4.74 Å². The van der Waals surface area contributed by atoms with Crippen LogP contribution in [0.4, 0.5) is 5.13 Å². The van der Waals surface area contributed by atoms with E-state index in [9.17, 15) is 4.79 Å². The number of hydrogen-bond acceptors (Lipinski definition) is 8. The minimum Gasteiger partial charge on any atom is -0.497 e. The van der Waals surface area contributed by atoms with Gasteiger partial charge in [-0.3, -0.25) is 4.79 Å². The van der Waals surface area contributed by atoms with Gasteiger partial charge < -0.3 is 10.1 Å². The average molecular weight is 413 g/mol. The number of aryl methyl sites for hydroxylation is 1. The molecule has 0 fully saturated rings. The van der Waals surface area contributed by atoms with Crippen molar-refractivity contribution in [2.75, 3.05) is 18.2 Å². The van der Waals surface area contributed by atoms with Crippen molar-refractivity contribution in [1.82, 2.24) is 25.2 Å². The number of anilines is 1. The molecule has 4 rings (SSSR count). The number of thioether (sulfide) groups is 1. The Morgan fingerprint density at radius 3 is 3.00 bits per heavy atom. The Hall–Kier alpha value is -2.98. The molecule has 0 saturated carbocycles. The summed E-state index contributed by atoms with van der Waals surface area (Å²) in [5.41, 5.74) is 2.78. The van der Waals surface area contributed by atoms with E-state index < -0.39 is 0 Å². The van der Waals surface area contributed by atoms with Gasteiger partial charge in [0.25, 0.3) is 0 Å². The average Bonchev–Trinajstić information content (AvgIpc) is 3.31. The Morgan fingerprint density at radius 2 is 2.18 bits per heavy atom. The first-order valence-corrected chi connectivity index (χ1v) is 10.2. The minimum atomic E-state index is -0.171. The summed E-state index contributed by atoms with van der Waals surface area (Å²) in [7, 11) is 1.62. The van der Waals surface area contributed by atoms with Gasteiger partial charge in [-0.15, -0.1) is 5.10 Å². The Morgan fingerprint density at radius 1 is 1.29 bits per heavy atom. The Bertz CT molecular complexity index is 1140. The lowest BCUT2D eigenvalue weighted by Gasteiger charge is -2.05. The first kappa shape index (κ1) is 18.4. The molecule has 2 aromatic heterocycles. The van der Waals surface area contributed by atoms with Crippen LogP contribution in [0.3, 0.4) is 0 Å². The summed E-state index contributed by atoms with van der Waals surface area (Å²) in [4.78, 5) is 16.8. The van der Waals surface area contributed by atoms with E-state index in [1.807, 2.05) is 49.4 Å². The Balaban J connectivity index is 1.42. The minimum absolute atomic E-state index is 0.171. The fourth-order valence-corrected chi connectivity index (χ4v) is 4.16. The number of rotatable bonds is 6. The highest BCUT2D eigenvalue weighted by atomic mass is 32.2. The maximum Gasteiger partial charge on any atom is 0.236 e. The van der Waals surface area contributed by atoms with Crippen molar-refractivity contribution in [3.8, 4) is 11.4 Å². The highest BCUT2D eigenvalue weighted by Crippen LogP contribution is 2.29. The van der Waals surface area contributed by atoms with Crippen LogP contribution in [0.5, 0.6) is 5.75 Å². The molecule has 1 amide bonds. The zero-order valence-corrected chi connectivity index (χ0v) is 16.8. The number of carbonyl (C=O) groups excluding carboxylic acids is 1. The van der Waals surface area contributed by atoms with E-state index in [0.717, 1.165) is 27.2 Å². The summed E-state index contributed by atoms with van der Waals surface area (Å²) in [6.45, 7) is 2.00. The summed E-state index contributed by atoms with van der Waals surface area (Å²) < 4.78 is 7.78. The number of nitrogens with zero attached hydrogens (tertiary/aromatic N) is 5. The molecule has 0 aliphatic carbocycles. The molecule has 8 nitrogen and oxygen atoms in total. The number of carbonyl (C=O) groups is 1. The second-order valence-electron chi connectivity index (χ2n) is 5.90. The maximum absolute atomic E-state index is 12.3. The molecule has 0 bridgehead atoms. The summed E-state index contributed by atoms with van der Waals surface area (Å²) in [5, 5.41) is 15.7. The molecule has 0 spiro atoms.